The third kappa shape index (κ3) is 4.23. The van der Waals surface area contributed by atoms with E-state index in [1.165, 1.54) is 5.56 Å². The molecule has 0 radical (unpaired) electrons. The molecule has 0 fully saturated rings. The second kappa shape index (κ2) is 6.90. The lowest BCUT2D eigenvalue weighted by Gasteiger charge is -2.07. The van der Waals surface area contributed by atoms with Crippen molar-refractivity contribution in [1.82, 2.24) is 0 Å². The van der Waals surface area contributed by atoms with E-state index in [9.17, 15) is 4.79 Å². The topological polar surface area (TPSA) is 26.3 Å². The third-order valence-electron chi connectivity index (χ3n) is 3.05. The van der Waals surface area contributed by atoms with Crippen LogP contribution in [-0.2, 0) is 17.8 Å². The first-order valence-corrected chi connectivity index (χ1v) is 6.95. The lowest BCUT2D eigenvalue weighted by molar-refractivity contribution is 0.0472. The molecule has 0 heterocycles. The minimum Gasteiger partial charge on any atom is -0.457 e. The molecule has 0 N–H and O–H groups in total. The highest BCUT2D eigenvalue weighted by Crippen LogP contribution is 2.11. The van der Waals surface area contributed by atoms with Gasteiger partial charge >= 0.3 is 5.97 Å². The zero-order valence-corrected chi connectivity index (χ0v) is 12.0. The van der Waals surface area contributed by atoms with Crippen LogP contribution in [0.5, 0.6) is 0 Å². The number of hydrogen-bond donors (Lipinski definition) is 0. The Morgan fingerprint density at radius 2 is 1.60 bits per heavy atom. The van der Waals surface area contributed by atoms with Crippen molar-refractivity contribution in [1.29, 1.82) is 0 Å². The number of carbonyl (C=O) groups is 1. The van der Waals surface area contributed by atoms with Crippen LogP contribution in [0.15, 0.2) is 54.6 Å². The third-order valence-corrected chi connectivity index (χ3v) is 3.05. The standard InChI is InChI=1S/C18H20O2/c1-14(2)12-15-8-10-17(11-9-15)18(19)20-13-16-6-4-3-5-7-16/h3-11,14H,12-13H2,1-2H3. The Kier molecular flexibility index (Phi) is 4.94. The van der Waals surface area contributed by atoms with Crippen LogP contribution in [0.4, 0.5) is 0 Å². The van der Waals surface area contributed by atoms with Crippen LogP contribution in [-0.4, -0.2) is 5.97 Å². The zero-order chi connectivity index (χ0) is 14.4. The van der Waals surface area contributed by atoms with E-state index < -0.39 is 0 Å². The summed E-state index contributed by atoms with van der Waals surface area (Å²) in [5, 5.41) is 0. The Balaban J connectivity index is 1.92. The van der Waals surface area contributed by atoms with Crippen molar-refractivity contribution in [2.24, 2.45) is 5.92 Å². The van der Waals surface area contributed by atoms with Gasteiger partial charge in [0.2, 0.25) is 0 Å². The van der Waals surface area contributed by atoms with Crippen molar-refractivity contribution in [3.8, 4) is 0 Å². The number of ether oxygens (including phenoxy) is 1. The van der Waals surface area contributed by atoms with Gasteiger partial charge in [0.25, 0.3) is 0 Å². The number of rotatable bonds is 5. The zero-order valence-electron chi connectivity index (χ0n) is 12.0. The first kappa shape index (κ1) is 14.3. The SMILES string of the molecule is CC(C)Cc1ccc(C(=O)OCc2ccccc2)cc1. The minimum atomic E-state index is -0.273. The van der Waals surface area contributed by atoms with Crippen LogP contribution in [0.25, 0.3) is 0 Å². The summed E-state index contributed by atoms with van der Waals surface area (Å²) in [6.07, 6.45) is 1.03. The largest absolute Gasteiger partial charge is 0.457 e. The predicted molar refractivity (Wildman–Crippen MR) is 80.5 cm³/mol. The number of carbonyl (C=O) groups excluding carboxylic acids is 1. The van der Waals surface area contributed by atoms with Gasteiger partial charge in [-0.1, -0.05) is 56.3 Å². The Morgan fingerprint density at radius 3 is 2.20 bits per heavy atom. The molecule has 2 rings (SSSR count). The smallest absolute Gasteiger partial charge is 0.338 e. The maximum Gasteiger partial charge on any atom is 0.338 e. The average Bonchev–Trinajstić information content (AvgIpc) is 2.46. The van der Waals surface area contributed by atoms with E-state index in [0.29, 0.717) is 18.1 Å². The van der Waals surface area contributed by atoms with Crippen molar-refractivity contribution < 1.29 is 9.53 Å². The van der Waals surface area contributed by atoms with Gasteiger partial charge in [-0.15, -0.1) is 0 Å². The fourth-order valence-corrected chi connectivity index (χ4v) is 2.05. The molecule has 0 saturated heterocycles. The molecule has 0 bridgehead atoms. The number of benzene rings is 2. The van der Waals surface area contributed by atoms with E-state index in [-0.39, 0.29) is 5.97 Å². The highest BCUT2D eigenvalue weighted by Gasteiger charge is 2.07. The van der Waals surface area contributed by atoms with Crippen LogP contribution in [0.2, 0.25) is 0 Å². The lowest BCUT2D eigenvalue weighted by atomic mass is 10.0. The molecule has 2 aromatic rings. The van der Waals surface area contributed by atoms with Gasteiger partial charge in [0.15, 0.2) is 0 Å². The summed E-state index contributed by atoms with van der Waals surface area (Å²) in [4.78, 5) is 11.9. The van der Waals surface area contributed by atoms with Crippen molar-refractivity contribution in [2.45, 2.75) is 26.9 Å². The molecule has 104 valence electrons. The lowest BCUT2D eigenvalue weighted by Crippen LogP contribution is -2.05. The second-order valence-electron chi connectivity index (χ2n) is 5.36. The highest BCUT2D eigenvalue weighted by molar-refractivity contribution is 5.89. The Bertz CT molecular complexity index is 541. The van der Waals surface area contributed by atoms with E-state index in [1.807, 2.05) is 54.6 Å². The van der Waals surface area contributed by atoms with Crippen LogP contribution < -0.4 is 0 Å². The maximum absolute atomic E-state index is 11.9. The summed E-state index contributed by atoms with van der Waals surface area (Å²) >= 11 is 0. The van der Waals surface area contributed by atoms with Gasteiger partial charge in [-0.3, -0.25) is 0 Å². The van der Waals surface area contributed by atoms with Gasteiger partial charge in [-0.05, 0) is 35.6 Å². The van der Waals surface area contributed by atoms with Gasteiger partial charge in [-0.25, -0.2) is 4.79 Å². The molecule has 0 spiro atoms. The van der Waals surface area contributed by atoms with Gasteiger partial charge in [0, 0.05) is 0 Å². The quantitative estimate of drug-likeness (QED) is 0.758. The van der Waals surface area contributed by atoms with Crippen molar-refractivity contribution in [3.63, 3.8) is 0 Å². The van der Waals surface area contributed by atoms with Crippen molar-refractivity contribution in [2.75, 3.05) is 0 Å². The van der Waals surface area contributed by atoms with Crippen LogP contribution in [0.1, 0.15) is 35.3 Å². The van der Waals surface area contributed by atoms with E-state index in [4.69, 9.17) is 4.74 Å². The molecule has 0 unspecified atom stereocenters. The summed E-state index contributed by atoms with van der Waals surface area (Å²) in [6.45, 7) is 4.68. The van der Waals surface area contributed by atoms with Gasteiger partial charge < -0.3 is 4.74 Å². The van der Waals surface area contributed by atoms with Gasteiger partial charge in [-0.2, -0.15) is 0 Å². The van der Waals surface area contributed by atoms with Crippen LogP contribution in [0, 0.1) is 5.92 Å². The first-order chi connectivity index (χ1) is 9.65. The summed E-state index contributed by atoms with van der Waals surface area (Å²) in [6, 6.07) is 17.4. The Hall–Kier alpha value is -2.09. The first-order valence-electron chi connectivity index (χ1n) is 6.95. The maximum atomic E-state index is 11.9. The molecule has 2 heteroatoms. The normalized spacial score (nSPS) is 10.6. The van der Waals surface area contributed by atoms with Gasteiger partial charge in [0.05, 0.1) is 5.56 Å². The van der Waals surface area contributed by atoms with Crippen LogP contribution >= 0.6 is 0 Å². The van der Waals surface area contributed by atoms with Crippen LogP contribution in [0.3, 0.4) is 0 Å². The summed E-state index contributed by atoms with van der Waals surface area (Å²) in [7, 11) is 0. The molecule has 2 nitrogen and oxygen atoms in total. The van der Waals surface area contributed by atoms with Gasteiger partial charge in [0.1, 0.15) is 6.61 Å². The van der Waals surface area contributed by atoms with E-state index >= 15 is 0 Å². The molecule has 0 aromatic heterocycles. The summed E-state index contributed by atoms with van der Waals surface area (Å²) in [5.41, 5.74) is 2.85. The molecule has 2 aromatic carbocycles. The minimum absolute atomic E-state index is 0.273. The molecule has 0 amide bonds. The molecular weight excluding hydrogens is 248 g/mol. The molecule has 0 aliphatic heterocycles. The van der Waals surface area contributed by atoms with E-state index in [0.717, 1.165) is 12.0 Å². The fraction of sp³-hybridized carbons (Fsp3) is 0.278. The summed E-state index contributed by atoms with van der Waals surface area (Å²) in [5.74, 6) is 0.343. The monoisotopic (exact) mass is 268 g/mol. The molecular formula is C18H20O2. The predicted octanol–water partition coefficient (Wildman–Crippen LogP) is 4.24. The second-order valence-corrected chi connectivity index (χ2v) is 5.36. The molecule has 0 aliphatic carbocycles. The molecule has 0 saturated carbocycles. The number of esters is 1. The number of hydrogen-bond acceptors (Lipinski definition) is 2. The average molecular weight is 268 g/mol. The van der Waals surface area contributed by atoms with Crippen molar-refractivity contribution >= 4 is 5.97 Å². The Morgan fingerprint density at radius 1 is 0.950 bits per heavy atom. The Labute approximate surface area is 120 Å². The van der Waals surface area contributed by atoms with Crippen molar-refractivity contribution in [3.05, 3.63) is 71.3 Å². The molecule has 0 atom stereocenters. The molecule has 20 heavy (non-hydrogen) atoms. The molecule has 0 aliphatic rings. The highest BCUT2D eigenvalue weighted by atomic mass is 16.5. The van der Waals surface area contributed by atoms with E-state index in [2.05, 4.69) is 13.8 Å². The van der Waals surface area contributed by atoms with E-state index in [1.54, 1.807) is 0 Å². The summed E-state index contributed by atoms with van der Waals surface area (Å²) < 4.78 is 5.30. The fourth-order valence-electron chi connectivity index (χ4n) is 2.05.